The average Bonchev–Trinajstić information content (AvgIpc) is 3.57. The zero-order valence-electron chi connectivity index (χ0n) is 49.5. The van der Waals surface area contributed by atoms with Crippen molar-refractivity contribution < 1.29 is 76.6 Å². The number of alkyl halides is 3. The van der Waals surface area contributed by atoms with Gasteiger partial charge >= 0.3 is 15.6 Å². The second-order valence-electron chi connectivity index (χ2n) is 20.2. The first-order chi connectivity index (χ1) is 38.0. The molecule has 0 unspecified atom stereocenters. The molecule has 0 fully saturated rings. The first-order valence-corrected chi connectivity index (χ1v) is 32.5. The molecule has 8 aromatic rings. The summed E-state index contributed by atoms with van der Waals surface area (Å²) in [6.45, 7) is 28.9. The van der Waals surface area contributed by atoms with Crippen LogP contribution in [0.25, 0.3) is 45.0 Å². The summed E-state index contributed by atoms with van der Waals surface area (Å²) in [5.41, 5.74) is 7.24. The predicted molar refractivity (Wildman–Crippen MR) is 330 cm³/mol. The molecule has 0 saturated heterocycles. The van der Waals surface area contributed by atoms with E-state index in [9.17, 15) is 13.2 Å². The van der Waals surface area contributed by atoms with Crippen molar-refractivity contribution in [3.63, 3.8) is 0 Å². The van der Waals surface area contributed by atoms with Gasteiger partial charge < -0.3 is 25.2 Å². The fraction of sp³-hybridized carbons (Fsp3) is 0.323. The van der Waals surface area contributed by atoms with Crippen LogP contribution in [0.4, 0.5) is 13.2 Å². The third kappa shape index (κ3) is 22.1. The number of pyridine rings is 4. The van der Waals surface area contributed by atoms with Gasteiger partial charge in [0.25, 0.3) is 0 Å². The number of aliphatic hydroxyl groups excluding tert-OH is 2. The molecule has 3 N–H and O–H groups in total. The fourth-order valence-electron chi connectivity index (χ4n) is 11.0. The molecular formula is C65H82F3Ir2N4O5SSi2-3. The van der Waals surface area contributed by atoms with Crippen LogP contribution in [-0.2, 0) is 50.3 Å². The van der Waals surface area contributed by atoms with Gasteiger partial charge in [-0.25, -0.2) is 0 Å². The largest absolute Gasteiger partial charge is 0.522 e. The number of benzene rings is 4. The predicted octanol–water partition coefficient (Wildman–Crippen LogP) is 15.8. The van der Waals surface area contributed by atoms with Crippen molar-refractivity contribution in [2.24, 2.45) is 0 Å². The molecule has 2 radical (unpaired) electrons. The van der Waals surface area contributed by atoms with Crippen LogP contribution in [0.5, 0.6) is 0 Å². The molecule has 0 bridgehead atoms. The molecule has 82 heavy (non-hydrogen) atoms. The van der Waals surface area contributed by atoms with E-state index in [0.717, 1.165) is 86.9 Å². The Balaban J connectivity index is 0.00000102. The SMILES string of the molecule is CC(C)[Si](c1c[c-]c(-c2ccccn2)cc1)(C(C)C)C(C)C.CC(C)[Si](c1ccc(-c2ccccn2)cc1)(C(C)C)C(C)C.CO.CO.O=S(=O)(O)C(F)(F)F.[Ir].[Ir].[c-]1ccccc1-c1ccccn1.[c-]1ccccc1-c1ccccn1. The molecule has 0 aliphatic carbocycles. The smallest absolute Gasteiger partial charge is 0.400 e. The van der Waals surface area contributed by atoms with Crippen LogP contribution in [0.1, 0.15) is 83.1 Å². The number of hydrogen-bond acceptors (Lipinski definition) is 8. The second-order valence-corrected chi connectivity index (χ2v) is 33.4. The summed E-state index contributed by atoms with van der Waals surface area (Å²) in [6.07, 6.45) is 7.28. The molecule has 8 rings (SSSR count). The summed E-state index contributed by atoms with van der Waals surface area (Å²) in [5.74, 6) is 0. The van der Waals surface area contributed by atoms with Gasteiger partial charge in [0.1, 0.15) is 0 Å². The molecule has 0 atom stereocenters. The molecule has 4 heterocycles. The third-order valence-electron chi connectivity index (χ3n) is 13.9. The first kappa shape index (κ1) is 76.8. The second kappa shape index (κ2) is 38.6. The molecule has 448 valence electrons. The minimum Gasteiger partial charge on any atom is -0.400 e. The molecule has 0 aliphatic rings. The Kier molecular flexibility index (Phi) is 36.2. The van der Waals surface area contributed by atoms with Crippen molar-refractivity contribution in [3.05, 3.63) is 207 Å². The van der Waals surface area contributed by atoms with Crippen molar-refractivity contribution in [3.8, 4) is 45.0 Å². The van der Waals surface area contributed by atoms with Gasteiger partial charge in [-0.15, -0.1) is 107 Å². The van der Waals surface area contributed by atoms with Crippen molar-refractivity contribution in [1.82, 2.24) is 19.9 Å². The Hall–Kier alpha value is -5.17. The fourth-order valence-corrected chi connectivity index (χ4v) is 24.4. The Bertz CT molecular complexity index is 2690. The first-order valence-electron chi connectivity index (χ1n) is 26.6. The minimum absolute atomic E-state index is 0. The van der Waals surface area contributed by atoms with Crippen molar-refractivity contribution in [1.29, 1.82) is 0 Å². The Morgan fingerprint density at radius 3 is 0.927 bits per heavy atom. The van der Waals surface area contributed by atoms with Gasteiger partial charge in [-0.3, -0.25) is 9.54 Å². The maximum absolute atomic E-state index is 10.7. The zero-order chi connectivity index (χ0) is 60.1. The number of nitrogens with zero attached hydrogens (tertiary/aromatic N) is 4. The zero-order valence-corrected chi connectivity index (χ0v) is 57.1. The van der Waals surface area contributed by atoms with Crippen LogP contribution >= 0.6 is 0 Å². The third-order valence-corrected chi connectivity index (χ3v) is 28.6. The van der Waals surface area contributed by atoms with Crippen molar-refractivity contribution in [2.75, 3.05) is 14.2 Å². The number of halogens is 3. The quantitative estimate of drug-likeness (QED) is 0.0471. The molecule has 9 nitrogen and oxygen atoms in total. The number of aromatic nitrogens is 4. The monoisotopic (exact) mass is 1530 g/mol. The van der Waals surface area contributed by atoms with Crippen molar-refractivity contribution >= 4 is 36.6 Å². The molecule has 4 aromatic carbocycles. The van der Waals surface area contributed by atoms with Gasteiger partial charge in [-0.1, -0.05) is 172 Å². The standard InChI is InChI=1S/C20H29NSi.C20H28NSi.2C11H8N.CHF3O3S.2CH4O.2Ir/c2*1-15(2)22(16(3)4,17(5)6)19-12-10-18(11-13-19)20-9-7-8-14-21-20;2*1-2-6-10(7-3-1)11-8-4-5-9-12-11;2-1(3,4)8(5,6)7;2*1-2;;/h7-17H,1-6H3;7-10,12-17H,1-6H3;2*1-6,8-9H;(H,5,6,7);2*2H,1H3;;/q;3*-1;;;;;. The van der Waals surface area contributed by atoms with Gasteiger partial charge in [0.2, 0.25) is 0 Å². The van der Waals surface area contributed by atoms with Crippen LogP contribution in [0.2, 0.25) is 33.2 Å². The van der Waals surface area contributed by atoms with E-state index in [4.69, 9.17) is 23.2 Å². The van der Waals surface area contributed by atoms with Gasteiger partial charge in [-0.2, -0.15) is 21.6 Å². The summed E-state index contributed by atoms with van der Waals surface area (Å²) in [5, 5.41) is 17.1. The summed E-state index contributed by atoms with van der Waals surface area (Å²) < 4.78 is 57.5. The van der Waals surface area contributed by atoms with Crippen LogP contribution in [0.3, 0.4) is 0 Å². The van der Waals surface area contributed by atoms with Gasteiger partial charge in [-0.05, 0) is 64.0 Å². The van der Waals surface area contributed by atoms with E-state index in [2.05, 4.69) is 170 Å². The minimum atomic E-state index is -5.84. The van der Waals surface area contributed by atoms with Crippen LogP contribution in [0, 0.1) is 18.2 Å². The average molecular weight is 1530 g/mol. The maximum Gasteiger partial charge on any atom is 0.522 e. The van der Waals surface area contributed by atoms with Crippen LogP contribution in [0.15, 0.2) is 189 Å². The van der Waals surface area contributed by atoms with E-state index in [0.29, 0.717) is 0 Å². The van der Waals surface area contributed by atoms with E-state index >= 15 is 0 Å². The Labute approximate surface area is 517 Å². The molecule has 17 heteroatoms. The molecular weight excluding hydrogens is 1450 g/mol. The topological polar surface area (TPSA) is 146 Å². The summed E-state index contributed by atoms with van der Waals surface area (Å²) in [6, 6.07) is 65.3. The molecule has 0 aliphatic heterocycles. The van der Waals surface area contributed by atoms with Gasteiger partial charge in [0, 0.05) is 92.9 Å². The Morgan fingerprint density at radius 2 is 0.683 bits per heavy atom. The molecule has 0 amide bonds. The van der Waals surface area contributed by atoms with Gasteiger partial charge in [0.15, 0.2) is 0 Å². The number of rotatable bonds is 12. The summed E-state index contributed by atoms with van der Waals surface area (Å²) >= 11 is 0. The molecule has 4 aromatic heterocycles. The maximum atomic E-state index is 10.7. The molecule has 0 saturated carbocycles. The molecule has 0 spiro atoms. The van der Waals surface area contributed by atoms with E-state index in [-0.39, 0.29) is 40.2 Å². The van der Waals surface area contributed by atoms with Gasteiger partial charge in [0.05, 0.1) is 13.8 Å². The summed E-state index contributed by atoms with van der Waals surface area (Å²) in [7, 11) is -6.97. The number of hydrogen-bond donors (Lipinski definition) is 3. The van der Waals surface area contributed by atoms with Crippen LogP contribution < -0.4 is 10.4 Å². The van der Waals surface area contributed by atoms with E-state index < -0.39 is 31.8 Å². The van der Waals surface area contributed by atoms with Crippen LogP contribution in [-0.4, -0.2) is 79.0 Å². The normalized spacial score (nSPS) is 11.0. The van der Waals surface area contributed by atoms with E-state index in [1.807, 2.05) is 128 Å². The Morgan fingerprint density at radius 1 is 0.402 bits per heavy atom. The van der Waals surface area contributed by atoms with Crippen molar-refractivity contribution in [2.45, 2.75) is 122 Å². The summed E-state index contributed by atoms with van der Waals surface area (Å²) in [4.78, 5) is 17.3. The number of aliphatic hydroxyl groups is 2. The van der Waals surface area contributed by atoms with E-state index in [1.54, 1.807) is 17.6 Å². The van der Waals surface area contributed by atoms with E-state index in [1.165, 1.54) is 10.8 Å².